The van der Waals surface area contributed by atoms with Crippen molar-refractivity contribution >= 4 is 0 Å². The van der Waals surface area contributed by atoms with E-state index in [0.717, 1.165) is 5.56 Å². The van der Waals surface area contributed by atoms with Crippen molar-refractivity contribution in [1.82, 2.24) is 4.98 Å². The number of hydrogen-bond acceptors (Lipinski definition) is 2. The maximum Gasteiger partial charge on any atom is 0.391 e. The van der Waals surface area contributed by atoms with Crippen molar-refractivity contribution in [2.75, 3.05) is 0 Å². The highest BCUT2D eigenvalue weighted by molar-refractivity contribution is 5.18. The van der Waals surface area contributed by atoms with E-state index in [2.05, 4.69) is 4.98 Å². The molecule has 0 spiro atoms. The maximum atomic E-state index is 11.9. The van der Waals surface area contributed by atoms with E-state index in [-0.39, 0.29) is 5.56 Å². The van der Waals surface area contributed by atoms with E-state index >= 15 is 0 Å². The third kappa shape index (κ3) is 3.33. The van der Waals surface area contributed by atoms with E-state index in [4.69, 9.17) is 0 Å². The van der Waals surface area contributed by atoms with Crippen LogP contribution < -0.4 is 0 Å². The average molecular weight is 205 g/mol. The molecule has 0 bridgehead atoms. The molecule has 1 unspecified atom stereocenters. The minimum Gasteiger partial charge on any atom is -0.388 e. The molecule has 0 aliphatic heterocycles. The number of nitrogens with zero attached hydrogens (tertiary/aromatic N) is 1. The van der Waals surface area contributed by atoms with Crippen molar-refractivity contribution in [3.63, 3.8) is 0 Å². The molecule has 78 valence electrons. The number of rotatable bonds is 2. The molecule has 5 heteroatoms. The van der Waals surface area contributed by atoms with Gasteiger partial charge in [-0.25, -0.2) is 0 Å². The van der Waals surface area contributed by atoms with Gasteiger partial charge in [-0.3, -0.25) is 4.98 Å². The van der Waals surface area contributed by atoms with Gasteiger partial charge in [0.1, 0.15) is 0 Å². The lowest BCUT2D eigenvalue weighted by atomic mass is 10.1. The van der Waals surface area contributed by atoms with Gasteiger partial charge in [0.2, 0.25) is 0 Å². The van der Waals surface area contributed by atoms with Crippen LogP contribution in [0.25, 0.3) is 0 Å². The molecule has 0 saturated heterocycles. The fourth-order valence-electron chi connectivity index (χ4n) is 1.10. The van der Waals surface area contributed by atoms with Gasteiger partial charge in [-0.2, -0.15) is 13.2 Å². The lowest BCUT2D eigenvalue weighted by Crippen LogP contribution is -2.13. The lowest BCUT2D eigenvalue weighted by Gasteiger charge is -2.13. The second kappa shape index (κ2) is 3.96. The Morgan fingerprint density at radius 2 is 2.07 bits per heavy atom. The lowest BCUT2D eigenvalue weighted by molar-refractivity contribution is -0.154. The Kier molecular flexibility index (Phi) is 3.10. The van der Waals surface area contributed by atoms with Crippen LogP contribution in [0.4, 0.5) is 13.2 Å². The molecule has 0 saturated carbocycles. The summed E-state index contributed by atoms with van der Waals surface area (Å²) in [6, 6.07) is 1.49. The Labute approximate surface area is 79.4 Å². The Balaban J connectivity index is 2.74. The summed E-state index contributed by atoms with van der Waals surface area (Å²) in [4.78, 5) is 3.71. The number of aromatic nitrogens is 1. The van der Waals surface area contributed by atoms with Gasteiger partial charge in [0.15, 0.2) is 0 Å². The highest BCUT2D eigenvalue weighted by Gasteiger charge is 2.31. The third-order valence-electron chi connectivity index (χ3n) is 1.71. The van der Waals surface area contributed by atoms with Crippen molar-refractivity contribution in [3.8, 4) is 0 Å². The van der Waals surface area contributed by atoms with Crippen molar-refractivity contribution in [2.45, 2.75) is 25.6 Å². The zero-order valence-corrected chi connectivity index (χ0v) is 7.54. The summed E-state index contributed by atoms with van der Waals surface area (Å²) in [6.07, 6.45) is -4.36. The summed E-state index contributed by atoms with van der Waals surface area (Å²) < 4.78 is 35.7. The Morgan fingerprint density at radius 1 is 1.43 bits per heavy atom. The smallest absolute Gasteiger partial charge is 0.388 e. The summed E-state index contributed by atoms with van der Waals surface area (Å²) >= 11 is 0. The van der Waals surface area contributed by atoms with Crippen molar-refractivity contribution in [3.05, 3.63) is 29.6 Å². The fourth-order valence-corrected chi connectivity index (χ4v) is 1.10. The number of pyridine rings is 1. The first kappa shape index (κ1) is 11.0. The molecule has 1 aromatic rings. The van der Waals surface area contributed by atoms with Gasteiger partial charge in [-0.15, -0.1) is 0 Å². The van der Waals surface area contributed by atoms with E-state index in [1.807, 2.05) is 0 Å². The Morgan fingerprint density at radius 3 is 2.57 bits per heavy atom. The van der Waals surface area contributed by atoms with Gasteiger partial charge in [0, 0.05) is 12.4 Å². The van der Waals surface area contributed by atoms with Gasteiger partial charge >= 0.3 is 6.18 Å². The molecule has 0 aromatic carbocycles. The molecule has 0 aliphatic rings. The van der Waals surface area contributed by atoms with Crippen molar-refractivity contribution in [1.29, 1.82) is 0 Å². The molecule has 0 fully saturated rings. The second-order valence-electron chi connectivity index (χ2n) is 3.13. The summed E-state index contributed by atoms with van der Waals surface area (Å²) in [5, 5.41) is 9.22. The maximum absolute atomic E-state index is 11.9. The van der Waals surface area contributed by atoms with Gasteiger partial charge < -0.3 is 5.11 Å². The number of aliphatic hydroxyl groups is 1. The van der Waals surface area contributed by atoms with Crippen molar-refractivity contribution in [2.24, 2.45) is 0 Å². The van der Waals surface area contributed by atoms with Crippen LogP contribution in [0.5, 0.6) is 0 Å². The van der Waals surface area contributed by atoms with Gasteiger partial charge in [0.25, 0.3) is 0 Å². The zero-order valence-electron chi connectivity index (χ0n) is 7.54. The predicted octanol–water partition coefficient (Wildman–Crippen LogP) is 2.38. The van der Waals surface area contributed by atoms with E-state index in [1.165, 1.54) is 18.5 Å². The van der Waals surface area contributed by atoms with Crippen LogP contribution in [0.15, 0.2) is 18.5 Å². The molecule has 0 amide bonds. The SMILES string of the molecule is Cc1cncc(C(O)CC(F)(F)F)c1. The average Bonchev–Trinajstić information content (AvgIpc) is 2.01. The second-order valence-corrected chi connectivity index (χ2v) is 3.13. The number of aliphatic hydroxyl groups excluding tert-OH is 1. The van der Waals surface area contributed by atoms with Gasteiger partial charge in [-0.05, 0) is 18.1 Å². The molecular weight excluding hydrogens is 195 g/mol. The quantitative estimate of drug-likeness (QED) is 0.804. The minimum absolute atomic E-state index is 0.197. The van der Waals surface area contributed by atoms with Crippen LogP contribution in [0.1, 0.15) is 23.7 Å². The van der Waals surface area contributed by atoms with Crippen LogP contribution in [0, 0.1) is 6.92 Å². The molecule has 1 atom stereocenters. The summed E-state index contributed by atoms with van der Waals surface area (Å²) in [6.45, 7) is 1.71. The number of aryl methyl sites for hydroxylation is 1. The number of halogens is 3. The first-order valence-electron chi connectivity index (χ1n) is 4.05. The molecule has 0 radical (unpaired) electrons. The van der Waals surface area contributed by atoms with Gasteiger partial charge in [-0.1, -0.05) is 6.07 Å². The molecule has 1 rings (SSSR count). The standard InChI is InChI=1S/C9H10F3NO/c1-6-2-7(5-13-4-6)8(14)3-9(10,11)12/h2,4-5,8,14H,3H2,1H3. The molecule has 0 aliphatic carbocycles. The van der Waals surface area contributed by atoms with Gasteiger partial charge in [0.05, 0.1) is 12.5 Å². The number of hydrogen-bond donors (Lipinski definition) is 1. The zero-order chi connectivity index (χ0) is 10.8. The van der Waals surface area contributed by atoms with E-state index in [9.17, 15) is 18.3 Å². The third-order valence-corrected chi connectivity index (χ3v) is 1.71. The van der Waals surface area contributed by atoms with Crippen LogP contribution >= 0.6 is 0 Å². The molecular formula is C9H10F3NO. The predicted molar refractivity (Wildman–Crippen MR) is 44.6 cm³/mol. The van der Waals surface area contributed by atoms with Crippen LogP contribution in [-0.4, -0.2) is 16.3 Å². The minimum atomic E-state index is -4.36. The summed E-state index contributed by atoms with van der Waals surface area (Å²) in [5.74, 6) is 0. The monoisotopic (exact) mass is 205 g/mol. The van der Waals surface area contributed by atoms with Crippen LogP contribution in [0.3, 0.4) is 0 Å². The topological polar surface area (TPSA) is 33.1 Å². The Bertz CT molecular complexity index is 311. The normalized spacial score (nSPS) is 14.1. The molecule has 1 N–H and O–H groups in total. The fraction of sp³-hybridized carbons (Fsp3) is 0.444. The first-order chi connectivity index (χ1) is 6.38. The Hall–Kier alpha value is -1.10. The van der Waals surface area contributed by atoms with E-state index < -0.39 is 18.7 Å². The summed E-state index contributed by atoms with van der Waals surface area (Å²) in [5.41, 5.74) is 0.922. The molecule has 1 heterocycles. The number of alkyl halides is 3. The summed E-state index contributed by atoms with van der Waals surface area (Å²) in [7, 11) is 0. The first-order valence-corrected chi connectivity index (χ1v) is 4.05. The van der Waals surface area contributed by atoms with Crippen LogP contribution in [-0.2, 0) is 0 Å². The highest BCUT2D eigenvalue weighted by Crippen LogP contribution is 2.29. The molecule has 14 heavy (non-hydrogen) atoms. The van der Waals surface area contributed by atoms with Crippen LogP contribution in [0.2, 0.25) is 0 Å². The van der Waals surface area contributed by atoms with E-state index in [1.54, 1.807) is 6.92 Å². The van der Waals surface area contributed by atoms with Crippen molar-refractivity contribution < 1.29 is 18.3 Å². The molecule has 1 aromatic heterocycles. The highest BCUT2D eigenvalue weighted by atomic mass is 19.4. The van der Waals surface area contributed by atoms with E-state index in [0.29, 0.717) is 0 Å². The molecule has 2 nitrogen and oxygen atoms in total. The largest absolute Gasteiger partial charge is 0.391 e.